The quantitative estimate of drug-likeness (QED) is 0.811. The molecule has 0 aromatic heterocycles. The van der Waals surface area contributed by atoms with Gasteiger partial charge in [0.2, 0.25) is 0 Å². The maximum Gasteiger partial charge on any atom is 0.0289 e. The van der Waals surface area contributed by atoms with Crippen molar-refractivity contribution in [2.24, 2.45) is 11.1 Å². The Hall–Kier alpha value is 0.660. The summed E-state index contributed by atoms with van der Waals surface area (Å²) in [6, 6.07) is 0.409. The van der Waals surface area contributed by atoms with Gasteiger partial charge in [-0.25, -0.2) is 0 Å². The molecule has 0 aromatic rings. The van der Waals surface area contributed by atoms with Crippen LogP contribution in [0.1, 0.15) is 33.6 Å². The van der Waals surface area contributed by atoms with Gasteiger partial charge >= 0.3 is 0 Å². The summed E-state index contributed by atoms with van der Waals surface area (Å²) in [5.41, 5.74) is 6.66. The van der Waals surface area contributed by atoms with Gasteiger partial charge in [-0.1, -0.05) is 20.8 Å². The second-order valence-electron chi connectivity index (χ2n) is 5.25. The van der Waals surface area contributed by atoms with E-state index in [2.05, 4.69) is 44.3 Å². The van der Waals surface area contributed by atoms with Crippen LogP contribution in [0.25, 0.3) is 0 Å². The lowest BCUT2D eigenvalue weighted by molar-refractivity contribution is 0.348. The van der Waals surface area contributed by atoms with E-state index >= 15 is 0 Å². The van der Waals surface area contributed by atoms with Gasteiger partial charge in [-0.15, -0.1) is 0 Å². The highest BCUT2D eigenvalue weighted by molar-refractivity contribution is 8.06. The predicted molar refractivity (Wildman–Crippen MR) is 70.2 cm³/mol. The van der Waals surface area contributed by atoms with Crippen molar-refractivity contribution in [2.45, 2.75) is 44.9 Å². The van der Waals surface area contributed by atoms with E-state index in [0.717, 1.165) is 0 Å². The van der Waals surface area contributed by atoms with Crippen molar-refractivity contribution < 1.29 is 0 Å². The highest BCUT2D eigenvalue weighted by Crippen LogP contribution is 2.29. The van der Waals surface area contributed by atoms with Gasteiger partial charge in [0.05, 0.1) is 0 Å². The first-order valence-corrected chi connectivity index (χ1v) is 7.64. The van der Waals surface area contributed by atoms with E-state index in [1.54, 1.807) is 0 Å². The molecule has 0 aromatic carbocycles. The van der Waals surface area contributed by atoms with E-state index in [1.165, 1.54) is 30.1 Å². The predicted octanol–water partition coefficient (Wildman–Crippen LogP) is 2.99. The molecule has 84 valence electrons. The van der Waals surface area contributed by atoms with E-state index in [0.29, 0.717) is 16.7 Å². The second-order valence-corrected chi connectivity index (χ2v) is 7.74. The molecule has 2 atom stereocenters. The van der Waals surface area contributed by atoms with Crippen molar-refractivity contribution in [1.29, 1.82) is 0 Å². The summed E-state index contributed by atoms with van der Waals surface area (Å²) in [5, 5.41) is 0.705. The zero-order valence-electron chi connectivity index (χ0n) is 9.58. The summed E-state index contributed by atoms with van der Waals surface area (Å²) in [7, 11) is 0. The lowest BCUT2D eigenvalue weighted by Crippen LogP contribution is -2.37. The molecule has 0 radical (unpaired) electrons. The minimum Gasteiger partial charge on any atom is -0.327 e. The molecule has 0 saturated carbocycles. The molecule has 0 amide bonds. The highest BCUT2D eigenvalue weighted by atomic mass is 32.2. The third-order valence-corrected chi connectivity index (χ3v) is 5.49. The molecular weight excluding hydrogens is 210 g/mol. The molecule has 1 nitrogen and oxygen atoms in total. The van der Waals surface area contributed by atoms with Crippen molar-refractivity contribution >= 4 is 23.5 Å². The summed E-state index contributed by atoms with van der Waals surface area (Å²) in [6.07, 6.45) is 2.43. The fourth-order valence-corrected chi connectivity index (χ4v) is 4.40. The Kier molecular flexibility index (Phi) is 5.15. The Morgan fingerprint density at radius 3 is 2.57 bits per heavy atom. The monoisotopic (exact) mass is 233 g/mol. The minimum atomic E-state index is 0.409. The zero-order chi connectivity index (χ0) is 10.6. The number of rotatable bonds is 3. The normalized spacial score (nSPS) is 26.1. The summed E-state index contributed by atoms with van der Waals surface area (Å²) >= 11 is 4.14. The molecule has 2 unspecified atom stereocenters. The molecule has 1 heterocycles. The van der Waals surface area contributed by atoms with Gasteiger partial charge in [-0.2, -0.15) is 23.5 Å². The average Bonchev–Trinajstić information content (AvgIpc) is 2.14. The van der Waals surface area contributed by atoms with Crippen LogP contribution in [0.4, 0.5) is 0 Å². The third kappa shape index (κ3) is 4.94. The van der Waals surface area contributed by atoms with Crippen molar-refractivity contribution in [3.8, 4) is 0 Å². The molecule has 0 aliphatic carbocycles. The molecule has 14 heavy (non-hydrogen) atoms. The third-order valence-electron chi connectivity index (χ3n) is 2.55. The van der Waals surface area contributed by atoms with Crippen LogP contribution in [0.3, 0.4) is 0 Å². The molecule has 1 saturated heterocycles. The molecule has 0 spiro atoms. The van der Waals surface area contributed by atoms with Crippen LogP contribution in [0.5, 0.6) is 0 Å². The number of hydrogen-bond donors (Lipinski definition) is 1. The largest absolute Gasteiger partial charge is 0.327 e. The van der Waals surface area contributed by atoms with E-state index in [-0.39, 0.29) is 0 Å². The summed E-state index contributed by atoms with van der Waals surface area (Å²) in [6.45, 7) is 6.88. The van der Waals surface area contributed by atoms with E-state index in [4.69, 9.17) is 5.73 Å². The summed E-state index contributed by atoms with van der Waals surface area (Å²) < 4.78 is 0. The Balaban J connectivity index is 2.23. The lowest BCUT2D eigenvalue weighted by Gasteiger charge is -2.28. The fourth-order valence-electron chi connectivity index (χ4n) is 1.54. The van der Waals surface area contributed by atoms with Crippen LogP contribution in [-0.4, -0.2) is 28.6 Å². The van der Waals surface area contributed by atoms with Crippen LogP contribution < -0.4 is 5.73 Å². The van der Waals surface area contributed by atoms with Gasteiger partial charge < -0.3 is 5.73 Å². The Labute approximate surface area is 97.0 Å². The van der Waals surface area contributed by atoms with Gasteiger partial charge in [-0.3, -0.25) is 0 Å². The van der Waals surface area contributed by atoms with Gasteiger partial charge in [0.25, 0.3) is 0 Å². The highest BCUT2D eigenvalue weighted by Gasteiger charge is 2.22. The molecule has 1 aliphatic rings. The van der Waals surface area contributed by atoms with Gasteiger partial charge in [-0.05, 0) is 18.3 Å². The van der Waals surface area contributed by atoms with Crippen molar-refractivity contribution in [3.05, 3.63) is 0 Å². The maximum atomic E-state index is 6.22. The first-order chi connectivity index (χ1) is 6.49. The van der Waals surface area contributed by atoms with Crippen LogP contribution >= 0.6 is 23.5 Å². The van der Waals surface area contributed by atoms with E-state index in [1.807, 2.05) is 0 Å². The SMILES string of the molecule is CC(C)(C)CCC(N)C1CSCCS1. The molecule has 1 rings (SSSR count). The smallest absolute Gasteiger partial charge is 0.0289 e. The second kappa shape index (κ2) is 5.66. The molecule has 1 aliphatic heterocycles. The first-order valence-electron chi connectivity index (χ1n) is 5.44. The van der Waals surface area contributed by atoms with Gasteiger partial charge in [0.1, 0.15) is 0 Å². The topological polar surface area (TPSA) is 26.0 Å². The van der Waals surface area contributed by atoms with Crippen molar-refractivity contribution in [1.82, 2.24) is 0 Å². The molecule has 2 N–H and O–H groups in total. The molecule has 3 heteroatoms. The summed E-state index contributed by atoms with van der Waals surface area (Å²) in [5.74, 6) is 3.86. The Morgan fingerprint density at radius 2 is 2.07 bits per heavy atom. The van der Waals surface area contributed by atoms with E-state index in [9.17, 15) is 0 Å². The van der Waals surface area contributed by atoms with Crippen molar-refractivity contribution in [2.75, 3.05) is 17.3 Å². The van der Waals surface area contributed by atoms with Gasteiger partial charge in [0.15, 0.2) is 0 Å². The standard InChI is InChI=1S/C11H23NS2/c1-11(2,3)5-4-9(12)10-8-13-6-7-14-10/h9-10H,4-8,12H2,1-3H3. The Morgan fingerprint density at radius 1 is 1.36 bits per heavy atom. The van der Waals surface area contributed by atoms with Crippen LogP contribution in [-0.2, 0) is 0 Å². The maximum absolute atomic E-state index is 6.22. The minimum absolute atomic E-state index is 0.409. The average molecular weight is 233 g/mol. The fraction of sp³-hybridized carbons (Fsp3) is 1.00. The molecular formula is C11H23NS2. The number of nitrogens with two attached hydrogens (primary N) is 1. The van der Waals surface area contributed by atoms with Crippen LogP contribution in [0.2, 0.25) is 0 Å². The van der Waals surface area contributed by atoms with Crippen molar-refractivity contribution in [3.63, 3.8) is 0 Å². The molecule has 1 fully saturated rings. The molecule has 0 bridgehead atoms. The number of hydrogen-bond acceptors (Lipinski definition) is 3. The van der Waals surface area contributed by atoms with Crippen LogP contribution in [0.15, 0.2) is 0 Å². The van der Waals surface area contributed by atoms with Crippen LogP contribution in [0, 0.1) is 5.41 Å². The van der Waals surface area contributed by atoms with Gasteiger partial charge in [0, 0.05) is 28.6 Å². The zero-order valence-corrected chi connectivity index (χ0v) is 11.2. The lowest BCUT2D eigenvalue weighted by atomic mass is 9.88. The first kappa shape index (κ1) is 12.7. The van der Waals surface area contributed by atoms with E-state index < -0.39 is 0 Å². The number of thioether (sulfide) groups is 2. The summed E-state index contributed by atoms with van der Waals surface area (Å²) in [4.78, 5) is 0. The Bertz CT molecular complexity index is 159.